The second kappa shape index (κ2) is 7.00. The maximum absolute atomic E-state index is 13.3. The second-order valence-electron chi connectivity index (χ2n) is 6.18. The Bertz CT molecular complexity index is 950. The molecule has 2 heterocycles. The summed E-state index contributed by atoms with van der Waals surface area (Å²) < 4.78 is 52.1. The van der Waals surface area contributed by atoms with Crippen LogP contribution in [-0.4, -0.2) is 11.4 Å². The van der Waals surface area contributed by atoms with Crippen molar-refractivity contribution >= 4 is 0 Å². The van der Waals surface area contributed by atoms with E-state index in [9.17, 15) is 13.2 Å². The van der Waals surface area contributed by atoms with E-state index in [1.807, 2.05) is 18.2 Å². The number of para-hydroxylation sites is 1. The molecule has 0 bridgehead atoms. The van der Waals surface area contributed by atoms with Crippen LogP contribution in [0.5, 0.6) is 11.5 Å². The molecule has 1 aliphatic rings. The summed E-state index contributed by atoms with van der Waals surface area (Å²) in [5.41, 5.74) is 1.22. The summed E-state index contributed by atoms with van der Waals surface area (Å²) in [4.78, 5) is 0. The smallest absolute Gasteiger partial charge is 0.418 e. The van der Waals surface area contributed by atoms with Gasteiger partial charge in [0.05, 0.1) is 11.3 Å². The normalized spacial score (nSPS) is 13.1. The molecule has 0 spiro atoms. The third kappa shape index (κ3) is 3.64. The largest absolute Gasteiger partial charge is 0.454 e. The zero-order valence-electron chi connectivity index (χ0n) is 14.3. The fourth-order valence-corrected chi connectivity index (χ4v) is 3.10. The van der Waals surface area contributed by atoms with E-state index in [-0.39, 0.29) is 12.5 Å². The van der Waals surface area contributed by atoms with Crippen molar-refractivity contribution < 1.29 is 22.6 Å². The number of alkyl halides is 3. The van der Waals surface area contributed by atoms with Crippen molar-refractivity contribution in [3.63, 3.8) is 0 Å². The van der Waals surface area contributed by atoms with Crippen LogP contribution in [0.15, 0.2) is 60.8 Å². The zero-order valence-corrected chi connectivity index (χ0v) is 14.3. The summed E-state index contributed by atoms with van der Waals surface area (Å²) in [5, 5.41) is 3.27. The Morgan fingerprint density at radius 2 is 1.74 bits per heavy atom. The van der Waals surface area contributed by atoms with Crippen LogP contribution in [0.4, 0.5) is 13.2 Å². The van der Waals surface area contributed by atoms with E-state index < -0.39 is 11.7 Å². The average Bonchev–Trinajstić information content (AvgIpc) is 3.29. The highest BCUT2D eigenvalue weighted by molar-refractivity contribution is 5.45. The van der Waals surface area contributed by atoms with Crippen LogP contribution in [-0.2, 0) is 19.3 Å². The number of hydrogen-bond donors (Lipinski definition) is 1. The van der Waals surface area contributed by atoms with E-state index in [0.717, 1.165) is 23.1 Å². The van der Waals surface area contributed by atoms with E-state index in [0.29, 0.717) is 18.8 Å². The Labute approximate surface area is 154 Å². The molecular weight excluding hydrogens is 357 g/mol. The van der Waals surface area contributed by atoms with Gasteiger partial charge < -0.3 is 19.4 Å². The van der Waals surface area contributed by atoms with Crippen molar-refractivity contribution in [1.29, 1.82) is 0 Å². The molecule has 0 amide bonds. The summed E-state index contributed by atoms with van der Waals surface area (Å²) in [6.45, 7) is 1.20. The van der Waals surface area contributed by atoms with Crippen molar-refractivity contribution in [2.75, 3.05) is 6.79 Å². The third-order valence-corrected chi connectivity index (χ3v) is 4.37. The molecule has 4 nitrogen and oxygen atoms in total. The molecule has 1 aliphatic heterocycles. The highest BCUT2D eigenvalue weighted by atomic mass is 19.4. The molecule has 27 heavy (non-hydrogen) atoms. The molecule has 3 aromatic rings. The van der Waals surface area contributed by atoms with Gasteiger partial charge in [0.2, 0.25) is 6.79 Å². The van der Waals surface area contributed by atoms with Gasteiger partial charge in [-0.25, -0.2) is 0 Å². The molecule has 0 saturated heterocycles. The van der Waals surface area contributed by atoms with Crippen LogP contribution in [0, 0.1) is 0 Å². The minimum Gasteiger partial charge on any atom is -0.454 e. The topological polar surface area (TPSA) is 35.4 Å². The standard InChI is InChI=1S/C20H17F3N2O2/c21-20(22,23)16-5-1-2-6-17(16)25-9-3-4-15(25)12-24-11-14-7-8-18-19(10-14)27-13-26-18/h1-10,24H,11-13H2. The summed E-state index contributed by atoms with van der Waals surface area (Å²) >= 11 is 0. The van der Waals surface area contributed by atoms with Crippen molar-refractivity contribution in [1.82, 2.24) is 9.88 Å². The van der Waals surface area contributed by atoms with Crippen LogP contribution >= 0.6 is 0 Å². The fourth-order valence-electron chi connectivity index (χ4n) is 3.10. The molecular formula is C20H17F3N2O2. The van der Waals surface area contributed by atoms with Gasteiger partial charge in [-0.3, -0.25) is 0 Å². The minimum atomic E-state index is -4.40. The monoisotopic (exact) mass is 374 g/mol. The maximum atomic E-state index is 13.3. The van der Waals surface area contributed by atoms with E-state index in [1.54, 1.807) is 29.0 Å². The summed E-state index contributed by atoms with van der Waals surface area (Å²) in [6, 6.07) is 14.8. The predicted octanol–water partition coefficient (Wildman–Crippen LogP) is 4.51. The summed E-state index contributed by atoms with van der Waals surface area (Å²) in [7, 11) is 0. The van der Waals surface area contributed by atoms with E-state index in [1.165, 1.54) is 12.1 Å². The lowest BCUT2D eigenvalue weighted by atomic mass is 10.1. The van der Waals surface area contributed by atoms with Gasteiger partial charge in [0.15, 0.2) is 11.5 Å². The van der Waals surface area contributed by atoms with Crippen LogP contribution in [0.1, 0.15) is 16.8 Å². The second-order valence-corrected chi connectivity index (χ2v) is 6.18. The van der Waals surface area contributed by atoms with E-state index in [4.69, 9.17) is 9.47 Å². The van der Waals surface area contributed by atoms with Crippen molar-refractivity contribution in [3.05, 3.63) is 77.6 Å². The molecule has 2 aromatic carbocycles. The Morgan fingerprint density at radius 3 is 2.59 bits per heavy atom. The Balaban J connectivity index is 1.49. The quantitative estimate of drug-likeness (QED) is 0.714. The lowest BCUT2D eigenvalue weighted by Crippen LogP contribution is -2.17. The van der Waals surface area contributed by atoms with Crippen LogP contribution < -0.4 is 14.8 Å². The summed E-state index contributed by atoms with van der Waals surface area (Å²) in [5.74, 6) is 1.42. The lowest BCUT2D eigenvalue weighted by molar-refractivity contribution is -0.137. The van der Waals surface area contributed by atoms with Crippen molar-refractivity contribution in [2.24, 2.45) is 0 Å². The van der Waals surface area contributed by atoms with E-state index >= 15 is 0 Å². The Morgan fingerprint density at radius 1 is 0.926 bits per heavy atom. The van der Waals surface area contributed by atoms with Crippen molar-refractivity contribution in [3.8, 4) is 17.2 Å². The van der Waals surface area contributed by atoms with Gasteiger partial charge >= 0.3 is 6.18 Å². The number of aromatic nitrogens is 1. The van der Waals surface area contributed by atoms with E-state index in [2.05, 4.69) is 5.32 Å². The number of fused-ring (bicyclic) bond motifs is 1. The molecule has 0 atom stereocenters. The molecule has 1 N–H and O–H groups in total. The van der Waals surface area contributed by atoms with Gasteiger partial charge in [-0.2, -0.15) is 13.2 Å². The molecule has 140 valence electrons. The number of nitrogens with zero attached hydrogens (tertiary/aromatic N) is 1. The van der Waals surface area contributed by atoms with Gasteiger partial charge in [-0.05, 0) is 42.0 Å². The molecule has 0 fully saturated rings. The highest BCUT2D eigenvalue weighted by Gasteiger charge is 2.33. The van der Waals surface area contributed by atoms with Gasteiger partial charge in [0.1, 0.15) is 0 Å². The number of hydrogen-bond acceptors (Lipinski definition) is 3. The van der Waals surface area contributed by atoms with Crippen LogP contribution in [0.25, 0.3) is 5.69 Å². The number of ether oxygens (including phenoxy) is 2. The third-order valence-electron chi connectivity index (χ3n) is 4.37. The zero-order chi connectivity index (χ0) is 18.9. The molecule has 4 rings (SSSR count). The van der Waals surface area contributed by atoms with Crippen LogP contribution in [0.2, 0.25) is 0 Å². The highest BCUT2D eigenvalue weighted by Crippen LogP contribution is 2.34. The number of rotatable bonds is 5. The van der Waals surface area contributed by atoms with Gasteiger partial charge in [0, 0.05) is 25.0 Å². The summed E-state index contributed by atoms with van der Waals surface area (Å²) in [6.07, 6.45) is -2.76. The van der Waals surface area contributed by atoms with Gasteiger partial charge in [-0.15, -0.1) is 0 Å². The fraction of sp³-hybridized carbons (Fsp3) is 0.200. The SMILES string of the molecule is FC(F)(F)c1ccccc1-n1cccc1CNCc1ccc2c(c1)OCO2. The molecule has 1 aromatic heterocycles. The first-order valence-corrected chi connectivity index (χ1v) is 8.44. The molecule has 0 aliphatic carbocycles. The van der Waals surface area contributed by atoms with Crippen molar-refractivity contribution in [2.45, 2.75) is 19.3 Å². The number of nitrogens with one attached hydrogen (secondary N) is 1. The lowest BCUT2D eigenvalue weighted by Gasteiger charge is -2.16. The molecule has 7 heteroatoms. The van der Waals surface area contributed by atoms with Gasteiger partial charge in [0.25, 0.3) is 0 Å². The average molecular weight is 374 g/mol. The number of benzene rings is 2. The molecule has 0 saturated carbocycles. The Hall–Kier alpha value is -2.93. The number of halogens is 3. The maximum Gasteiger partial charge on any atom is 0.418 e. The first-order chi connectivity index (χ1) is 13.0. The Kier molecular flexibility index (Phi) is 4.53. The first kappa shape index (κ1) is 17.5. The predicted molar refractivity (Wildman–Crippen MR) is 93.9 cm³/mol. The molecule has 0 radical (unpaired) electrons. The van der Waals surface area contributed by atoms with Gasteiger partial charge in [-0.1, -0.05) is 18.2 Å². The first-order valence-electron chi connectivity index (χ1n) is 8.44. The molecule has 0 unspecified atom stereocenters. The minimum absolute atomic E-state index is 0.120. The van der Waals surface area contributed by atoms with Crippen LogP contribution in [0.3, 0.4) is 0 Å².